The summed E-state index contributed by atoms with van der Waals surface area (Å²) in [6.07, 6.45) is 1.76. The normalized spacial score (nSPS) is 12.6. The number of ether oxygens (including phenoxy) is 1. The van der Waals surface area contributed by atoms with Crippen LogP contribution < -0.4 is 20.7 Å². The molecule has 2 rings (SSSR count). The minimum Gasteiger partial charge on any atom is -0.489 e. The Morgan fingerprint density at radius 3 is 2.21 bits per heavy atom. The van der Waals surface area contributed by atoms with Gasteiger partial charge in [-0.05, 0) is 68.4 Å². The highest BCUT2D eigenvalue weighted by Crippen LogP contribution is 2.23. The Bertz CT molecular complexity index is 832. The van der Waals surface area contributed by atoms with Gasteiger partial charge in [-0.25, -0.2) is 0 Å². The zero-order valence-corrected chi connectivity index (χ0v) is 21.3. The Labute approximate surface area is 200 Å². The second-order valence-electron chi connectivity index (χ2n) is 10.5. The molecule has 0 fully saturated rings. The molecule has 2 aromatic rings. The number of carbonyl (C=O) groups excluding carboxylic acids is 1. The van der Waals surface area contributed by atoms with Crippen molar-refractivity contribution in [1.29, 1.82) is 0 Å². The van der Waals surface area contributed by atoms with Crippen molar-refractivity contribution in [3.63, 3.8) is 0 Å². The lowest BCUT2D eigenvalue weighted by Crippen LogP contribution is -2.56. The van der Waals surface area contributed by atoms with E-state index < -0.39 is 11.6 Å². The van der Waals surface area contributed by atoms with Crippen LogP contribution in [0.5, 0.6) is 5.75 Å². The third-order valence-corrected chi connectivity index (χ3v) is 5.54. The minimum absolute atomic E-state index is 0.0813. The Morgan fingerprint density at radius 1 is 1.00 bits per heavy atom. The molecule has 0 unspecified atom stereocenters. The van der Waals surface area contributed by atoms with E-state index in [2.05, 4.69) is 76.0 Å². The number of anilines is 1. The summed E-state index contributed by atoms with van der Waals surface area (Å²) >= 11 is 0. The summed E-state index contributed by atoms with van der Waals surface area (Å²) in [7, 11) is 0. The minimum atomic E-state index is -0.477. The summed E-state index contributed by atoms with van der Waals surface area (Å²) in [4.78, 5) is 15.0. The fraction of sp³-hybridized carbons (Fsp3) is 0.536. The van der Waals surface area contributed by atoms with E-state index in [9.17, 15) is 4.79 Å². The van der Waals surface area contributed by atoms with E-state index >= 15 is 0 Å². The molecule has 0 aromatic heterocycles. The van der Waals surface area contributed by atoms with Crippen LogP contribution in [0.4, 0.5) is 5.69 Å². The molecule has 0 saturated carbocycles. The van der Waals surface area contributed by atoms with Crippen molar-refractivity contribution in [1.82, 2.24) is 5.32 Å². The molecule has 3 N–H and O–H groups in total. The highest BCUT2D eigenvalue weighted by Gasteiger charge is 2.27. The lowest BCUT2D eigenvalue weighted by Gasteiger charge is -2.36. The monoisotopic (exact) mass is 453 g/mol. The van der Waals surface area contributed by atoms with Crippen LogP contribution in [0.2, 0.25) is 0 Å². The molecule has 1 amide bonds. The Kier molecular flexibility index (Phi) is 10.2. The quantitative estimate of drug-likeness (QED) is 0.427. The van der Waals surface area contributed by atoms with Crippen molar-refractivity contribution in [2.45, 2.75) is 72.6 Å². The number of nitrogens with zero attached hydrogens (tertiary/aromatic N) is 1. The van der Waals surface area contributed by atoms with Gasteiger partial charge in [0.15, 0.2) is 0 Å². The summed E-state index contributed by atoms with van der Waals surface area (Å²) in [5, 5.41) is 3.17. The number of benzene rings is 2. The summed E-state index contributed by atoms with van der Waals surface area (Å²) in [6.45, 7) is 14.9. The van der Waals surface area contributed by atoms with Gasteiger partial charge >= 0.3 is 0 Å². The number of rotatable bonds is 13. The highest BCUT2D eigenvalue weighted by molar-refractivity contribution is 5.82. The van der Waals surface area contributed by atoms with Crippen LogP contribution >= 0.6 is 0 Å². The van der Waals surface area contributed by atoms with E-state index in [-0.39, 0.29) is 5.91 Å². The van der Waals surface area contributed by atoms with Crippen LogP contribution in [-0.2, 0) is 11.4 Å². The zero-order valence-electron chi connectivity index (χ0n) is 21.3. The van der Waals surface area contributed by atoms with Crippen LogP contribution in [0.15, 0.2) is 54.6 Å². The molecule has 5 nitrogen and oxygen atoms in total. The molecule has 0 radical (unpaired) electrons. The molecule has 2 aromatic carbocycles. The SMILES string of the molecule is CC(C)CCN(CC(C)(C)NC(=O)[C@@H](N)CC(C)C)c1ccc(OCc2ccccc2)cc1. The molecule has 5 heteroatoms. The predicted molar refractivity (Wildman–Crippen MR) is 139 cm³/mol. The van der Waals surface area contributed by atoms with Crippen molar-refractivity contribution in [3.8, 4) is 5.75 Å². The molecule has 182 valence electrons. The van der Waals surface area contributed by atoms with E-state index in [1.165, 1.54) is 0 Å². The van der Waals surface area contributed by atoms with Gasteiger partial charge in [0.25, 0.3) is 0 Å². The van der Waals surface area contributed by atoms with Gasteiger partial charge in [0, 0.05) is 18.8 Å². The van der Waals surface area contributed by atoms with E-state index in [1.807, 2.05) is 30.3 Å². The molecule has 1 atom stereocenters. The molecule has 0 saturated heterocycles. The molecule has 0 spiro atoms. The molecular weight excluding hydrogens is 410 g/mol. The third kappa shape index (κ3) is 9.87. The highest BCUT2D eigenvalue weighted by atomic mass is 16.5. The number of carbonyl (C=O) groups is 1. The molecule has 0 aliphatic heterocycles. The largest absolute Gasteiger partial charge is 0.489 e. The number of hydrogen-bond acceptors (Lipinski definition) is 4. The van der Waals surface area contributed by atoms with Crippen LogP contribution in [0, 0.1) is 11.8 Å². The number of nitrogens with two attached hydrogens (primary N) is 1. The summed E-state index contributed by atoms with van der Waals surface area (Å²) in [5.41, 5.74) is 7.97. The second kappa shape index (κ2) is 12.6. The van der Waals surface area contributed by atoms with Gasteiger partial charge in [0.2, 0.25) is 5.91 Å². The molecule has 0 heterocycles. The van der Waals surface area contributed by atoms with E-state index in [1.54, 1.807) is 0 Å². The first-order chi connectivity index (χ1) is 15.6. The third-order valence-electron chi connectivity index (χ3n) is 5.54. The molecule has 0 aliphatic carbocycles. The van der Waals surface area contributed by atoms with Crippen LogP contribution in [0.1, 0.15) is 59.9 Å². The van der Waals surface area contributed by atoms with Gasteiger partial charge in [-0.1, -0.05) is 58.0 Å². The predicted octanol–water partition coefficient (Wildman–Crippen LogP) is 5.39. The Balaban J connectivity index is 2.05. The molecular formula is C28H43N3O2. The van der Waals surface area contributed by atoms with Crippen LogP contribution in [0.3, 0.4) is 0 Å². The van der Waals surface area contributed by atoms with Gasteiger partial charge < -0.3 is 20.7 Å². The van der Waals surface area contributed by atoms with Crippen LogP contribution in [-0.4, -0.2) is 30.6 Å². The Hall–Kier alpha value is -2.53. The maximum atomic E-state index is 12.6. The zero-order chi connectivity index (χ0) is 24.4. The standard InChI is InChI=1S/C28H43N3O2/c1-21(2)16-17-31(20-28(5,6)30-27(32)26(29)18-22(3)4)24-12-14-25(15-13-24)33-19-23-10-8-7-9-11-23/h7-15,21-22,26H,16-20,29H2,1-6H3,(H,30,32)/t26-/m0/s1. The lowest BCUT2D eigenvalue weighted by molar-refractivity contribution is -0.124. The van der Waals surface area contributed by atoms with Crippen molar-refractivity contribution < 1.29 is 9.53 Å². The smallest absolute Gasteiger partial charge is 0.237 e. The average molecular weight is 454 g/mol. The first-order valence-electron chi connectivity index (χ1n) is 12.1. The fourth-order valence-corrected chi connectivity index (χ4v) is 3.77. The number of hydrogen-bond donors (Lipinski definition) is 2. The lowest BCUT2D eigenvalue weighted by atomic mass is 9.99. The summed E-state index contributed by atoms with van der Waals surface area (Å²) in [5.74, 6) is 1.75. The van der Waals surface area contributed by atoms with Gasteiger partial charge in [-0.15, -0.1) is 0 Å². The molecule has 0 bridgehead atoms. The average Bonchev–Trinajstić information content (AvgIpc) is 2.75. The second-order valence-corrected chi connectivity index (χ2v) is 10.5. The van der Waals surface area contributed by atoms with Crippen molar-refractivity contribution in [3.05, 3.63) is 60.2 Å². The van der Waals surface area contributed by atoms with Gasteiger partial charge in [0.05, 0.1) is 11.6 Å². The Morgan fingerprint density at radius 2 is 1.64 bits per heavy atom. The maximum Gasteiger partial charge on any atom is 0.237 e. The van der Waals surface area contributed by atoms with Gasteiger partial charge in [-0.2, -0.15) is 0 Å². The van der Waals surface area contributed by atoms with Crippen molar-refractivity contribution >= 4 is 11.6 Å². The summed E-state index contributed by atoms with van der Waals surface area (Å²) < 4.78 is 5.95. The maximum absolute atomic E-state index is 12.6. The molecule has 33 heavy (non-hydrogen) atoms. The first kappa shape index (κ1) is 26.7. The van der Waals surface area contributed by atoms with E-state index in [0.29, 0.717) is 31.4 Å². The van der Waals surface area contributed by atoms with Crippen molar-refractivity contribution in [2.24, 2.45) is 17.6 Å². The van der Waals surface area contributed by atoms with Gasteiger partial charge in [-0.3, -0.25) is 4.79 Å². The number of nitrogens with one attached hydrogen (secondary N) is 1. The van der Waals surface area contributed by atoms with E-state index in [0.717, 1.165) is 30.0 Å². The first-order valence-corrected chi connectivity index (χ1v) is 12.1. The number of amides is 1. The van der Waals surface area contributed by atoms with E-state index in [4.69, 9.17) is 10.5 Å². The van der Waals surface area contributed by atoms with Crippen LogP contribution in [0.25, 0.3) is 0 Å². The van der Waals surface area contributed by atoms with Crippen molar-refractivity contribution in [2.75, 3.05) is 18.0 Å². The molecule has 0 aliphatic rings. The summed E-state index contributed by atoms with van der Waals surface area (Å²) in [6, 6.07) is 17.9. The topological polar surface area (TPSA) is 67.6 Å². The fourth-order valence-electron chi connectivity index (χ4n) is 3.77. The van der Waals surface area contributed by atoms with Gasteiger partial charge in [0.1, 0.15) is 12.4 Å².